The fraction of sp³-hybridized carbons (Fsp3) is 0.750. The van der Waals surface area contributed by atoms with Gasteiger partial charge >= 0.3 is 0 Å². The van der Waals surface area contributed by atoms with E-state index in [0.29, 0.717) is 0 Å². The fourth-order valence-electron chi connectivity index (χ4n) is 1.12. The predicted molar refractivity (Wildman–Crippen MR) is 36.7 cm³/mol. The molecule has 0 amide bonds. The Labute approximate surface area is 51.6 Å². The second kappa shape index (κ2) is 2.34. The molecule has 0 N–H and O–H groups in total. The van der Waals surface area contributed by atoms with Crippen molar-refractivity contribution in [3.63, 3.8) is 0 Å². The topological polar surface area (TPSA) is 0 Å². The van der Waals surface area contributed by atoms with Crippen LogP contribution in [0.2, 0.25) is 0 Å². The molecule has 1 aliphatic rings. The lowest BCUT2D eigenvalue weighted by Crippen LogP contribution is -2.07. The first kappa shape index (κ1) is 5.87. The summed E-state index contributed by atoms with van der Waals surface area (Å²) in [6.45, 7) is 4.62. The third kappa shape index (κ3) is 1.12. The summed E-state index contributed by atoms with van der Waals surface area (Å²) in [4.78, 5) is 0. The summed E-state index contributed by atoms with van der Waals surface area (Å²) in [5, 5.41) is 0. The van der Waals surface area contributed by atoms with Gasteiger partial charge in [0.05, 0.1) is 0 Å². The van der Waals surface area contributed by atoms with Crippen molar-refractivity contribution in [3.05, 3.63) is 12.2 Å². The highest BCUT2D eigenvalue weighted by Crippen LogP contribution is 2.22. The summed E-state index contributed by atoms with van der Waals surface area (Å²) in [6, 6.07) is 0. The van der Waals surface area contributed by atoms with Crippen molar-refractivity contribution < 1.29 is 0 Å². The molecule has 1 aliphatic carbocycles. The molecule has 0 fully saturated rings. The quantitative estimate of drug-likeness (QED) is 0.420. The molecule has 0 nitrogen and oxygen atoms in total. The largest absolute Gasteiger partial charge is 0.0882 e. The van der Waals surface area contributed by atoms with E-state index in [-0.39, 0.29) is 0 Å². The maximum Gasteiger partial charge on any atom is -0.0236 e. The molecule has 46 valence electrons. The van der Waals surface area contributed by atoms with Gasteiger partial charge in [0.25, 0.3) is 0 Å². The van der Waals surface area contributed by atoms with Gasteiger partial charge in [0.1, 0.15) is 0 Å². The van der Waals surface area contributed by atoms with Crippen molar-refractivity contribution in [2.24, 2.45) is 11.8 Å². The lowest BCUT2D eigenvalue weighted by atomic mass is 9.87. The number of rotatable bonds is 0. The molecule has 0 heteroatoms. The summed E-state index contributed by atoms with van der Waals surface area (Å²) in [5.41, 5.74) is 0. The van der Waals surface area contributed by atoms with Gasteiger partial charge in [-0.15, -0.1) is 0 Å². The van der Waals surface area contributed by atoms with Crippen LogP contribution in [-0.2, 0) is 0 Å². The zero-order chi connectivity index (χ0) is 5.98. The van der Waals surface area contributed by atoms with Gasteiger partial charge in [-0.05, 0) is 24.7 Å². The molecular formula is C8H14. The highest BCUT2D eigenvalue weighted by atomic mass is 14.2. The first-order valence-corrected chi connectivity index (χ1v) is 3.47. The van der Waals surface area contributed by atoms with Crippen LogP contribution in [-0.4, -0.2) is 0 Å². The third-order valence-electron chi connectivity index (χ3n) is 2.13. The second-order valence-electron chi connectivity index (χ2n) is 2.84. The van der Waals surface area contributed by atoms with E-state index in [2.05, 4.69) is 26.0 Å². The van der Waals surface area contributed by atoms with Crippen molar-refractivity contribution >= 4 is 0 Å². The average molecular weight is 110 g/mol. The molecule has 1 rings (SSSR count). The van der Waals surface area contributed by atoms with Crippen LogP contribution in [0.25, 0.3) is 0 Å². The van der Waals surface area contributed by atoms with Gasteiger partial charge in [-0.25, -0.2) is 0 Å². The van der Waals surface area contributed by atoms with E-state index in [1.807, 2.05) is 0 Å². The van der Waals surface area contributed by atoms with Crippen LogP contribution < -0.4 is 0 Å². The van der Waals surface area contributed by atoms with Crippen molar-refractivity contribution in [1.29, 1.82) is 0 Å². The van der Waals surface area contributed by atoms with Crippen LogP contribution in [0.4, 0.5) is 0 Å². The molecule has 0 bridgehead atoms. The van der Waals surface area contributed by atoms with Crippen molar-refractivity contribution in [2.75, 3.05) is 0 Å². The highest BCUT2D eigenvalue weighted by Gasteiger charge is 2.10. The SMILES string of the molecule is C[C@@H]1C=CCC[C@@H]1C. The minimum absolute atomic E-state index is 0.823. The Kier molecular flexibility index (Phi) is 1.72. The molecule has 0 heterocycles. The zero-order valence-electron chi connectivity index (χ0n) is 5.72. The molecule has 0 aromatic carbocycles. The Morgan fingerprint density at radius 2 is 2.12 bits per heavy atom. The molecule has 0 spiro atoms. The standard InChI is InChI=1S/C8H14/c1-7-5-3-4-6-8(7)2/h3,5,7-8H,4,6H2,1-2H3/t7-,8+/m1/s1. The molecule has 0 radical (unpaired) electrons. The van der Waals surface area contributed by atoms with Crippen molar-refractivity contribution in [1.82, 2.24) is 0 Å². The van der Waals surface area contributed by atoms with E-state index in [1.165, 1.54) is 12.8 Å². The Balaban J connectivity index is 2.47. The van der Waals surface area contributed by atoms with Crippen LogP contribution in [0.15, 0.2) is 12.2 Å². The van der Waals surface area contributed by atoms with E-state index < -0.39 is 0 Å². The molecule has 2 atom stereocenters. The minimum atomic E-state index is 0.823. The van der Waals surface area contributed by atoms with Gasteiger partial charge in [-0.1, -0.05) is 26.0 Å². The first-order chi connectivity index (χ1) is 3.80. The van der Waals surface area contributed by atoms with Gasteiger partial charge in [0.2, 0.25) is 0 Å². The van der Waals surface area contributed by atoms with E-state index in [1.54, 1.807) is 0 Å². The van der Waals surface area contributed by atoms with Crippen LogP contribution >= 0.6 is 0 Å². The van der Waals surface area contributed by atoms with E-state index in [0.717, 1.165) is 11.8 Å². The third-order valence-corrected chi connectivity index (χ3v) is 2.13. The first-order valence-electron chi connectivity index (χ1n) is 3.47. The predicted octanol–water partition coefficient (Wildman–Crippen LogP) is 2.61. The van der Waals surface area contributed by atoms with Gasteiger partial charge in [-0.2, -0.15) is 0 Å². The number of hydrogen-bond donors (Lipinski definition) is 0. The smallest absolute Gasteiger partial charge is 0.0236 e. The van der Waals surface area contributed by atoms with Crippen LogP contribution in [0.3, 0.4) is 0 Å². The van der Waals surface area contributed by atoms with E-state index >= 15 is 0 Å². The number of hydrogen-bond acceptors (Lipinski definition) is 0. The summed E-state index contributed by atoms with van der Waals surface area (Å²) in [7, 11) is 0. The summed E-state index contributed by atoms with van der Waals surface area (Å²) in [5.74, 6) is 1.74. The monoisotopic (exact) mass is 110 g/mol. The number of allylic oxidation sites excluding steroid dienone is 2. The van der Waals surface area contributed by atoms with Crippen LogP contribution in [0, 0.1) is 11.8 Å². The molecule has 0 aromatic rings. The lowest BCUT2D eigenvalue weighted by Gasteiger charge is -2.19. The van der Waals surface area contributed by atoms with Crippen LogP contribution in [0.1, 0.15) is 26.7 Å². The summed E-state index contributed by atoms with van der Waals surface area (Å²) in [6.07, 6.45) is 7.31. The Bertz CT molecular complexity index is 92.2. The molecule has 8 heavy (non-hydrogen) atoms. The molecule has 0 unspecified atom stereocenters. The van der Waals surface area contributed by atoms with E-state index in [4.69, 9.17) is 0 Å². The van der Waals surface area contributed by atoms with Gasteiger partial charge in [0, 0.05) is 0 Å². The molecule has 0 saturated heterocycles. The fourth-order valence-corrected chi connectivity index (χ4v) is 1.12. The van der Waals surface area contributed by atoms with Gasteiger partial charge in [0.15, 0.2) is 0 Å². The Morgan fingerprint density at radius 1 is 1.38 bits per heavy atom. The van der Waals surface area contributed by atoms with Crippen molar-refractivity contribution in [3.8, 4) is 0 Å². The van der Waals surface area contributed by atoms with E-state index in [9.17, 15) is 0 Å². The summed E-state index contributed by atoms with van der Waals surface area (Å²) < 4.78 is 0. The minimum Gasteiger partial charge on any atom is -0.0882 e. The van der Waals surface area contributed by atoms with Gasteiger partial charge in [-0.3, -0.25) is 0 Å². The van der Waals surface area contributed by atoms with Crippen LogP contribution in [0.5, 0.6) is 0 Å². The summed E-state index contributed by atoms with van der Waals surface area (Å²) >= 11 is 0. The zero-order valence-corrected chi connectivity index (χ0v) is 5.72. The second-order valence-corrected chi connectivity index (χ2v) is 2.84. The Morgan fingerprint density at radius 3 is 2.50 bits per heavy atom. The molecular weight excluding hydrogens is 96.1 g/mol. The average Bonchev–Trinajstić information content (AvgIpc) is 1.77. The Hall–Kier alpha value is -0.260. The maximum atomic E-state index is 2.33. The highest BCUT2D eigenvalue weighted by molar-refractivity contribution is 4.93. The maximum absolute atomic E-state index is 2.33. The van der Waals surface area contributed by atoms with Crippen molar-refractivity contribution in [2.45, 2.75) is 26.7 Å². The van der Waals surface area contributed by atoms with Gasteiger partial charge < -0.3 is 0 Å². The lowest BCUT2D eigenvalue weighted by molar-refractivity contribution is 0.413. The molecule has 0 aromatic heterocycles. The normalized spacial score (nSPS) is 37.8. The molecule has 0 saturated carbocycles. The molecule has 0 aliphatic heterocycles.